The van der Waals surface area contributed by atoms with E-state index >= 15 is 0 Å². The molecule has 0 spiro atoms. The number of rotatable bonds is 7. The van der Waals surface area contributed by atoms with Crippen LogP contribution in [0.25, 0.3) is 0 Å². The first-order chi connectivity index (χ1) is 13.6. The van der Waals surface area contributed by atoms with Gasteiger partial charge in [-0.25, -0.2) is 9.67 Å². The summed E-state index contributed by atoms with van der Waals surface area (Å²) in [5, 5.41) is 15.2. The summed E-state index contributed by atoms with van der Waals surface area (Å²) in [7, 11) is 1.57. The molecular formula is C19H27N5O3S. The van der Waals surface area contributed by atoms with Crippen molar-refractivity contribution < 1.29 is 9.84 Å². The summed E-state index contributed by atoms with van der Waals surface area (Å²) < 4.78 is 8.63. The molecule has 0 saturated heterocycles. The van der Waals surface area contributed by atoms with Gasteiger partial charge in [-0.2, -0.15) is 5.10 Å². The number of hydrogen-bond donors (Lipinski definition) is 2. The third-order valence-corrected chi connectivity index (χ3v) is 5.46. The lowest BCUT2D eigenvalue weighted by Gasteiger charge is -2.23. The molecule has 9 heteroatoms. The van der Waals surface area contributed by atoms with Crippen LogP contribution in [-0.4, -0.2) is 43.9 Å². The van der Waals surface area contributed by atoms with Gasteiger partial charge in [0, 0.05) is 13.2 Å². The molecule has 28 heavy (non-hydrogen) atoms. The van der Waals surface area contributed by atoms with Crippen LogP contribution in [0.1, 0.15) is 57.1 Å². The second-order valence-electron chi connectivity index (χ2n) is 6.94. The Labute approximate surface area is 168 Å². The average molecular weight is 406 g/mol. The molecule has 8 nitrogen and oxygen atoms in total. The molecule has 2 aromatic heterocycles. The minimum absolute atomic E-state index is 0.142. The maximum Gasteiger partial charge on any atom is 0.264 e. The lowest BCUT2D eigenvalue weighted by molar-refractivity contribution is 0.182. The Morgan fingerprint density at radius 2 is 2.18 bits per heavy atom. The molecule has 0 aliphatic heterocycles. The molecule has 2 heterocycles. The molecule has 0 aromatic carbocycles. The third-order valence-electron chi connectivity index (χ3n) is 5.13. The Morgan fingerprint density at radius 3 is 2.86 bits per heavy atom. The molecule has 0 atom stereocenters. The van der Waals surface area contributed by atoms with E-state index in [1.54, 1.807) is 13.3 Å². The van der Waals surface area contributed by atoms with Gasteiger partial charge in [0.05, 0.1) is 31.1 Å². The van der Waals surface area contributed by atoms with E-state index in [-0.39, 0.29) is 16.2 Å². The molecule has 0 amide bonds. The highest BCUT2D eigenvalue weighted by Crippen LogP contribution is 2.31. The predicted molar refractivity (Wildman–Crippen MR) is 110 cm³/mol. The molecule has 1 aliphatic carbocycles. The molecule has 1 fully saturated rings. The number of hydrogen-bond acceptors (Lipinski definition) is 6. The Kier molecular flexibility index (Phi) is 6.79. The summed E-state index contributed by atoms with van der Waals surface area (Å²) in [5.41, 5.74) is 0.196. The van der Waals surface area contributed by atoms with Crippen LogP contribution >= 0.6 is 12.2 Å². The van der Waals surface area contributed by atoms with Gasteiger partial charge in [-0.3, -0.25) is 14.3 Å². The Bertz CT molecular complexity index is 953. The van der Waals surface area contributed by atoms with Crippen LogP contribution in [0.2, 0.25) is 0 Å². The molecular weight excluding hydrogens is 378 g/mol. The van der Waals surface area contributed by atoms with Crippen LogP contribution in [-0.2, 0) is 11.3 Å². The van der Waals surface area contributed by atoms with Crippen LogP contribution < -0.4 is 5.56 Å². The first kappa shape index (κ1) is 20.5. The highest BCUT2D eigenvalue weighted by molar-refractivity contribution is 7.71. The molecule has 0 unspecified atom stereocenters. The van der Waals surface area contributed by atoms with Gasteiger partial charge in [0.2, 0.25) is 5.88 Å². The minimum Gasteiger partial charge on any atom is -0.494 e. The van der Waals surface area contributed by atoms with E-state index in [9.17, 15) is 9.90 Å². The summed E-state index contributed by atoms with van der Waals surface area (Å²) in [4.78, 5) is 19.9. The Morgan fingerprint density at radius 1 is 1.43 bits per heavy atom. The summed E-state index contributed by atoms with van der Waals surface area (Å²) >= 11 is 5.18. The molecule has 2 aromatic rings. The minimum atomic E-state index is -0.444. The van der Waals surface area contributed by atoms with E-state index < -0.39 is 5.56 Å². The van der Waals surface area contributed by atoms with Crippen LogP contribution in [0.3, 0.4) is 0 Å². The molecule has 0 bridgehead atoms. The number of ether oxygens (including phenoxy) is 1. The van der Waals surface area contributed by atoms with Crippen molar-refractivity contribution in [3.63, 3.8) is 0 Å². The van der Waals surface area contributed by atoms with E-state index in [0.29, 0.717) is 37.1 Å². The largest absolute Gasteiger partial charge is 0.494 e. The number of nitrogens with zero attached hydrogens (tertiary/aromatic N) is 4. The van der Waals surface area contributed by atoms with Gasteiger partial charge < -0.3 is 9.84 Å². The number of aromatic nitrogens is 4. The fourth-order valence-electron chi connectivity index (χ4n) is 3.66. The topological polar surface area (TPSA) is 97.4 Å². The third kappa shape index (κ3) is 4.25. The van der Waals surface area contributed by atoms with Crippen molar-refractivity contribution in [2.45, 2.75) is 58.0 Å². The normalized spacial score (nSPS) is 15.9. The first-order valence-corrected chi connectivity index (χ1v) is 10.1. The zero-order chi connectivity index (χ0) is 20.1. The van der Waals surface area contributed by atoms with Crippen molar-refractivity contribution >= 4 is 23.7 Å². The van der Waals surface area contributed by atoms with Crippen LogP contribution in [0.4, 0.5) is 5.82 Å². The number of aromatic hydroxyl groups is 1. The van der Waals surface area contributed by atoms with Gasteiger partial charge >= 0.3 is 0 Å². The van der Waals surface area contributed by atoms with Gasteiger partial charge in [-0.1, -0.05) is 26.2 Å². The lowest BCUT2D eigenvalue weighted by atomic mass is 9.96. The molecule has 152 valence electrons. The SMILES string of the molecule is CCC(=Nc1ccnn1C1CCCCC1)c1c(O)n(CCOC)c(=S)[nH]c1=O. The highest BCUT2D eigenvalue weighted by atomic mass is 32.1. The zero-order valence-corrected chi connectivity index (χ0v) is 17.2. The van der Waals surface area contributed by atoms with Crippen LogP contribution in [0.5, 0.6) is 5.88 Å². The number of aromatic amines is 1. The van der Waals surface area contributed by atoms with Gasteiger partial charge in [-0.05, 0) is 31.5 Å². The van der Waals surface area contributed by atoms with Gasteiger partial charge in [-0.15, -0.1) is 0 Å². The standard InChI is InChI=1S/C19H27N5O3S/c1-3-14(16-17(25)22-19(28)23(18(16)26)11-12-27-2)21-15-9-10-20-24(15)13-7-5-4-6-8-13/h9-10,13,26H,3-8,11-12H2,1-2H3,(H,22,25,28). The van der Waals surface area contributed by atoms with Gasteiger partial charge in [0.1, 0.15) is 5.56 Å². The Balaban J connectivity index is 2.04. The van der Waals surface area contributed by atoms with Gasteiger partial charge in [0.15, 0.2) is 10.6 Å². The van der Waals surface area contributed by atoms with Crippen molar-refractivity contribution in [3.05, 3.63) is 33.0 Å². The predicted octanol–water partition coefficient (Wildman–Crippen LogP) is 3.49. The molecule has 1 saturated carbocycles. The summed E-state index contributed by atoms with van der Waals surface area (Å²) in [6, 6.07) is 2.17. The van der Waals surface area contributed by atoms with E-state index in [0.717, 1.165) is 12.8 Å². The van der Waals surface area contributed by atoms with Crippen molar-refractivity contribution in [1.29, 1.82) is 0 Å². The average Bonchev–Trinajstić information content (AvgIpc) is 3.15. The number of methoxy groups -OCH3 is 1. The number of nitrogens with one attached hydrogen (secondary N) is 1. The van der Waals surface area contributed by atoms with E-state index in [2.05, 4.69) is 10.1 Å². The summed E-state index contributed by atoms with van der Waals surface area (Å²) in [6.07, 6.45) is 8.01. The number of aliphatic imine (C=N–C) groups is 1. The zero-order valence-electron chi connectivity index (χ0n) is 16.3. The molecule has 2 N–H and O–H groups in total. The van der Waals surface area contributed by atoms with Crippen molar-refractivity contribution in [1.82, 2.24) is 19.3 Å². The smallest absolute Gasteiger partial charge is 0.264 e. The summed E-state index contributed by atoms with van der Waals surface area (Å²) in [6.45, 7) is 2.60. The molecule has 1 aliphatic rings. The fraction of sp³-hybridized carbons (Fsp3) is 0.579. The highest BCUT2D eigenvalue weighted by Gasteiger charge is 2.21. The quantitative estimate of drug-likeness (QED) is 0.543. The second-order valence-corrected chi connectivity index (χ2v) is 7.33. The first-order valence-electron chi connectivity index (χ1n) is 9.73. The van der Waals surface area contributed by atoms with Crippen LogP contribution in [0, 0.1) is 4.77 Å². The summed E-state index contributed by atoms with van der Waals surface area (Å²) in [5.74, 6) is 0.517. The van der Waals surface area contributed by atoms with Crippen molar-refractivity contribution in [3.8, 4) is 5.88 Å². The van der Waals surface area contributed by atoms with Crippen LogP contribution in [0.15, 0.2) is 22.1 Å². The van der Waals surface area contributed by atoms with E-state index in [4.69, 9.17) is 21.9 Å². The molecule has 3 rings (SSSR count). The maximum absolute atomic E-state index is 12.6. The molecule has 0 radical (unpaired) electrons. The van der Waals surface area contributed by atoms with Gasteiger partial charge in [0.25, 0.3) is 5.56 Å². The number of H-pyrrole nitrogens is 1. The van der Waals surface area contributed by atoms with Crippen molar-refractivity contribution in [2.24, 2.45) is 4.99 Å². The van der Waals surface area contributed by atoms with Crippen molar-refractivity contribution in [2.75, 3.05) is 13.7 Å². The second kappa shape index (κ2) is 9.29. The maximum atomic E-state index is 12.6. The van der Waals surface area contributed by atoms with E-state index in [1.807, 2.05) is 17.7 Å². The monoisotopic (exact) mass is 405 g/mol. The lowest BCUT2D eigenvalue weighted by Crippen LogP contribution is -2.24. The Hall–Kier alpha value is -2.26. The fourth-order valence-corrected chi connectivity index (χ4v) is 3.93. The van der Waals surface area contributed by atoms with E-state index in [1.165, 1.54) is 23.8 Å².